The Morgan fingerprint density at radius 1 is 1.23 bits per heavy atom. The molecule has 0 N–H and O–H groups in total. The molecule has 1 aliphatic heterocycles. The van der Waals surface area contributed by atoms with Gasteiger partial charge in [0.15, 0.2) is 0 Å². The number of aromatic nitrogens is 2. The van der Waals surface area contributed by atoms with Crippen LogP contribution in [0.4, 0.5) is 0 Å². The lowest BCUT2D eigenvalue weighted by Gasteiger charge is -2.22. The van der Waals surface area contributed by atoms with E-state index in [0.29, 0.717) is 10.6 Å². The summed E-state index contributed by atoms with van der Waals surface area (Å²) in [7, 11) is 3.88. The van der Waals surface area contributed by atoms with Crippen molar-refractivity contribution in [2.75, 3.05) is 14.1 Å². The van der Waals surface area contributed by atoms with Gasteiger partial charge in [0.1, 0.15) is 4.90 Å². The first-order valence-corrected chi connectivity index (χ1v) is 9.29. The van der Waals surface area contributed by atoms with Crippen molar-refractivity contribution in [3.63, 3.8) is 0 Å². The fraction of sp³-hybridized carbons (Fsp3) is 0.250. The molecule has 26 heavy (non-hydrogen) atoms. The van der Waals surface area contributed by atoms with Gasteiger partial charge in [-0.2, -0.15) is 0 Å². The van der Waals surface area contributed by atoms with Gasteiger partial charge >= 0.3 is 0 Å². The first-order valence-electron chi connectivity index (χ1n) is 8.52. The normalized spacial score (nSPS) is 19.8. The molecule has 0 bridgehead atoms. The molecule has 0 amide bonds. The number of nitrogens with zero attached hydrogens (tertiary/aromatic N) is 4. The smallest absolute Gasteiger partial charge is 0.269 e. The Morgan fingerprint density at radius 3 is 2.58 bits per heavy atom. The van der Waals surface area contributed by atoms with E-state index in [0.717, 1.165) is 24.1 Å². The summed E-state index contributed by atoms with van der Waals surface area (Å²) >= 11 is 1.17. The molecule has 0 spiro atoms. The molecule has 0 atom stereocenters. The molecular weight excluding hydrogens is 344 g/mol. The molecule has 132 valence electrons. The summed E-state index contributed by atoms with van der Waals surface area (Å²) in [6, 6.07) is 8.47. The van der Waals surface area contributed by atoms with Crippen LogP contribution in [0, 0.1) is 0 Å². The van der Waals surface area contributed by atoms with Crippen LogP contribution < -0.4 is 5.56 Å². The minimum absolute atomic E-state index is 0.0453. The van der Waals surface area contributed by atoms with E-state index in [9.17, 15) is 4.79 Å². The second-order valence-electron chi connectivity index (χ2n) is 6.74. The molecule has 4 rings (SSSR count). The van der Waals surface area contributed by atoms with Crippen molar-refractivity contribution >= 4 is 23.7 Å². The number of rotatable bonds is 2. The summed E-state index contributed by atoms with van der Waals surface area (Å²) in [6.07, 6.45) is 6.97. The van der Waals surface area contributed by atoms with Gasteiger partial charge in [0, 0.05) is 49.6 Å². The van der Waals surface area contributed by atoms with Crippen molar-refractivity contribution in [1.29, 1.82) is 0 Å². The lowest BCUT2D eigenvalue weighted by Crippen LogP contribution is -2.28. The fourth-order valence-electron chi connectivity index (χ4n) is 3.56. The maximum Gasteiger partial charge on any atom is 0.269 e. The van der Waals surface area contributed by atoms with Crippen LogP contribution in [0.3, 0.4) is 0 Å². The predicted octanol–water partition coefficient (Wildman–Crippen LogP) is 3.13. The minimum atomic E-state index is -0.0453. The van der Waals surface area contributed by atoms with Crippen molar-refractivity contribution in [2.45, 2.75) is 23.8 Å². The van der Waals surface area contributed by atoms with E-state index in [1.807, 2.05) is 37.2 Å². The van der Waals surface area contributed by atoms with Gasteiger partial charge in [-0.1, -0.05) is 30.8 Å². The second kappa shape index (κ2) is 6.61. The number of hydrogen-bond acceptors (Lipinski definition) is 5. The molecule has 0 saturated heterocycles. The average Bonchev–Trinajstić information content (AvgIpc) is 3.03. The third kappa shape index (κ3) is 2.80. The maximum absolute atomic E-state index is 13.2. The van der Waals surface area contributed by atoms with Crippen molar-refractivity contribution in [2.24, 2.45) is 4.40 Å². The van der Waals surface area contributed by atoms with Crippen molar-refractivity contribution in [3.05, 3.63) is 76.1 Å². The Balaban J connectivity index is 1.75. The van der Waals surface area contributed by atoms with Crippen molar-refractivity contribution in [1.82, 2.24) is 14.5 Å². The van der Waals surface area contributed by atoms with Crippen molar-refractivity contribution in [3.8, 4) is 0 Å². The van der Waals surface area contributed by atoms with Gasteiger partial charge < -0.3 is 4.90 Å². The number of hydrogen-bond donors (Lipinski definition) is 0. The van der Waals surface area contributed by atoms with Gasteiger partial charge in [-0.05, 0) is 30.0 Å². The van der Waals surface area contributed by atoms with E-state index >= 15 is 0 Å². The molecule has 2 heterocycles. The zero-order valence-corrected chi connectivity index (χ0v) is 15.7. The van der Waals surface area contributed by atoms with Gasteiger partial charge in [0.2, 0.25) is 0 Å². The van der Waals surface area contributed by atoms with E-state index in [-0.39, 0.29) is 11.6 Å². The molecule has 2 aromatic rings. The number of allylic oxidation sites excluding steroid dienone is 2. The molecule has 0 fully saturated rings. The van der Waals surface area contributed by atoms with E-state index in [1.165, 1.54) is 23.1 Å². The Labute approximate surface area is 156 Å². The maximum atomic E-state index is 13.2. The fourth-order valence-corrected chi connectivity index (χ4v) is 4.24. The molecule has 0 unspecified atom stereocenters. The highest BCUT2D eigenvalue weighted by Crippen LogP contribution is 2.32. The van der Waals surface area contributed by atoms with Gasteiger partial charge in [-0.3, -0.25) is 9.36 Å². The highest BCUT2D eigenvalue weighted by atomic mass is 32.2. The highest BCUT2D eigenvalue weighted by molar-refractivity contribution is 7.98. The van der Waals surface area contributed by atoms with Gasteiger partial charge in [0.05, 0.1) is 12.0 Å². The van der Waals surface area contributed by atoms with Crippen LogP contribution in [0.15, 0.2) is 63.0 Å². The molecule has 0 radical (unpaired) electrons. The van der Waals surface area contributed by atoms with Gasteiger partial charge in [0.25, 0.3) is 5.56 Å². The molecule has 6 heteroatoms. The Hall–Kier alpha value is -2.60. The Bertz CT molecular complexity index is 978. The van der Waals surface area contributed by atoms with E-state index < -0.39 is 0 Å². The SMILES string of the molecule is C=C1/C(N(C)C)=C\C=N/Sc2c1ncn(C1Cc3ccccc3C1)c2=O. The predicted molar refractivity (Wildman–Crippen MR) is 107 cm³/mol. The van der Waals surface area contributed by atoms with Crippen LogP contribution in [0.2, 0.25) is 0 Å². The first kappa shape index (κ1) is 16.8. The van der Waals surface area contributed by atoms with Crippen LogP contribution in [0.25, 0.3) is 5.57 Å². The molecule has 5 nitrogen and oxygen atoms in total. The molecule has 1 aliphatic carbocycles. The Morgan fingerprint density at radius 2 is 1.92 bits per heavy atom. The van der Waals surface area contributed by atoms with Crippen LogP contribution in [0.5, 0.6) is 0 Å². The van der Waals surface area contributed by atoms with Gasteiger partial charge in [-0.25, -0.2) is 9.38 Å². The Kier molecular flexibility index (Phi) is 4.28. The topological polar surface area (TPSA) is 50.5 Å². The first-order chi connectivity index (χ1) is 12.6. The quantitative estimate of drug-likeness (QED) is 0.768. The average molecular weight is 364 g/mol. The second-order valence-corrected chi connectivity index (χ2v) is 7.54. The molecule has 2 aliphatic rings. The summed E-state index contributed by atoms with van der Waals surface area (Å²) in [5.41, 5.74) is 4.82. The lowest BCUT2D eigenvalue weighted by atomic mass is 10.1. The zero-order valence-electron chi connectivity index (χ0n) is 14.8. The third-order valence-corrected chi connectivity index (χ3v) is 5.67. The zero-order chi connectivity index (χ0) is 18.3. The monoisotopic (exact) mass is 364 g/mol. The van der Waals surface area contributed by atoms with Crippen LogP contribution in [-0.2, 0) is 12.8 Å². The highest BCUT2D eigenvalue weighted by Gasteiger charge is 2.26. The molecular formula is C20H20N4OS. The summed E-state index contributed by atoms with van der Waals surface area (Å²) in [4.78, 5) is 20.3. The number of likely N-dealkylation sites (N-methyl/N-ethyl adjacent to an activating group) is 1. The van der Waals surface area contributed by atoms with E-state index in [4.69, 9.17) is 0 Å². The van der Waals surface area contributed by atoms with Crippen molar-refractivity contribution < 1.29 is 0 Å². The van der Waals surface area contributed by atoms with E-state index in [1.54, 1.807) is 17.1 Å². The number of benzene rings is 1. The number of fused-ring (bicyclic) bond motifs is 2. The molecule has 1 aromatic carbocycles. The lowest BCUT2D eigenvalue weighted by molar-refractivity contribution is 0.495. The van der Waals surface area contributed by atoms with Crippen LogP contribution in [-0.4, -0.2) is 34.8 Å². The molecule has 0 saturated carbocycles. The molecule has 1 aromatic heterocycles. The summed E-state index contributed by atoms with van der Waals surface area (Å²) in [6.45, 7) is 4.16. The van der Waals surface area contributed by atoms with Gasteiger partial charge in [-0.15, -0.1) is 0 Å². The summed E-state index contributed by atoms with van der Waals surface area (Å²) in [5.74, 6) is 0. The van der Waals surface area contributed by atoms with E-state index in [2.05, 4.69) is 28.1 Å². The largest absolute Gasteiger partial charge is 0.377 e. The summed E-state index contributed by atoms with van der Waals surface area (Å²) in [5, 5.41) is 0. The standard InChI is InChI=1S/C20H20N4OS/c1-13-17(23(2)3)8-9-22-26-19-18(13)21-12-24(20(19)25)16-10-14-6-4-5-7-15(14)11-16/h4-9,12,16H,1,10-11H2,2-3H3/b17-8+,22-9-. The summed E-state index contributed by atoms with van der Waals surface area (Å²) < 4.78 is 6.06. The third-order valence-electron chi connectivity index (χ3n) is 4.89. The minimum Gasteiger partial charge on any atom is -0.377 e. The van der Waals surface area contributed by atoms with Crippen LogP contribution >= 0.6 is 11.9 Å². The van der Waals surface area contributed by atoms with Crippen LogP contribution in [0.1, 0.15) is 22.9 Å².